The van der Waals surface area contributed by atoms with E-state index in [-0.39, 0.29) is 29.1 Å². The van der Waals surface area contributed by atoms with Gasteiger partial charge in [0.1, 0.15) is 0 Å². The lowest BCUT2D eigenvalue weighted by atomic mass is 10.2. The lowest BCUT2D eigenvalue weighted by Crippen LogP contribution is -2.48. The molecule has 1 unspecified atom stereocenters. The van der Waals surface area contributed by atoms with Crippen molar-refractivity contribution in [3.63, 3.8) is 0 Å². The zero-order valence-corrected chi connectivity index (χ0v) is 11.8. The molecular formula is C12H14N2O3S2. The predicted molar refractivity (Wildman–Crippen MR) is 75.1 cm³/mol. The van der Waals surface area contributed by atoms with Crippen LogP contribution < -0.4 is 10.2 Å². The van der Waals surface area contributed by atoms with Crippen molar-refractivity contribution in [2.24, 2.45) is 0 Å². The molecule has 2 aliphatic rings. The zero-order chi connectivity index (χ0) is 13.5. The number of carbonyl (C=O) groups excluding carboxylic acids is 1. The van der Waals surface area contributed by atoms with Crippen molar-refractivity contribution < 1.29 is 13.2 Å². The van der Waals surface area contributed by atoms with E-state index in [1.807, 2.05) is 0 Å². The second kappa shape index (κ2) is 4.81. The number of fused-ring (bicyclic) bond motifs is 1. The van der Waals surface area contributed by atoms with Crippen molar-refractivity contribution in [2.75, 3.05) is 28.8 Å². The summed E-state index contributed by atoms with van der Waals surface area (Å²) < 4.78 is 24.0. The van der Waals surface area contributed by atoms with E-state index in [4.69, 9.17) is 0 Å². The van der Waals surface area contributed by atoms with E-state index in [0.717, 1.165) is 11.6 Å². The molecule has 0 radical (unpaired) electrons. The van der Waals surface area contributed by atoms with Gasteiger partial charge in [0.15, 0.2) is 9.84 Å². The standard InChI is InChI=1S/C12H14N2O3S2/c15-12(9-7-18-8-13-9)14-5-6-19(16,17)11-4-2-1-3-10(11)14/h1-4,9,13H,5-8H2. The Bertz CT molecular complexity index is 609. The third kappa shape index (κ3) is 2.26. The molecule has 3 rings (SSSR count). The number of benzene rings is 1. The van der Waals surface area contributed by atoms with Gasteiger partial charge in [0, 0.05) is 18.2 Å². The number of hydrogen-bond acceptors (Lipinski definition) is 5. The zero-order valence-electron chi connectivity index (χ0n) is 10.2. The highest BCUT2D eigenvalue weighted by Crippen LogP contribution is 2.31. The van der Waals surface area contributed by atoms with E-state index in [1.165, 1.54) is 0 Å². The van der Waals surface area contributed by atoms with E-state index in [0.29, 0.717) is 5.69 Å². The molecule has 19 heavy (non-hydrogen) atoms. The predicted octanol–water partition coefficient (Wildman–Crippen LogP) is 0.469. The van der Waals surface area contributed by atoms with E-state index < -0.39 is 9.84 Å². The number of hydrogen-bond donors (Lipinski definition) is 1. The molecule has 1 atom stereocenters. The summed E-state index contributed by atoms with van der Waals surface area (Å²) in [6, 6.07) is 6.51. The van der Waals surface area contributed by atoms with E-state index in [2.05, 4.69) is 5.32 Å². The van der Waals surface area contributed by atoms with Crippen molar-refractivity contribution >= 4 is 33.2 Å². The van der Waals surface area contributed by atoms with Gasteiger partial charge in [-0.05, 0) is 12.1 Å². The summed E-state index contributed by atoms with van der Waals surface area (Å²) in [6.45, 7) is 0.237. The lowest BCUT2D eigenvalue weighted by Gasteiger charge is -2.30. The molecule has 2 heterocycles. The third-order valence-corrected chi connectivity index (χ3v) is 6.03. The number of nitrogens with zero attached hydrogens (tertiary/aromatic N) is 1. The molecule has 0 spiro atoms. The summed E-state index contributed by atoms with van der Waals surface area (Å²) in [5.74, 6) is 1.47. The number of anilines is 1. The van der Waals surface area contributed by atoms with E-state index >= 15 is 0 Å². The van der Waals surface area contributed by atoms with Crippen LogP contribution in [0.3, 0.4) is 0 Å². The molecule has 0 aromatic heterocycles. The molecule has 2 aliphatic heterocycles. The summed E-state index contributed by atoms with van der Waals surface area (Å²) in [6.07, 6.45) is 0. The normalized spacial score (nSPS) is 25.1. The monoisotopic (exact) mass is 298 g/mol. The summed E-state index contributed by atoms with van der Waals surface area (Å²) in [7, 11) is -3.25. The van der Waals surface area contributed by atoms with Crippen LogP contribution >= 0.6 is 11.8 Å². The molecule has 1 N–H and O–H groups in total. The number of nitrogens with one attached hydrogen (secondary N) is 1. The molecule has 0 saturated carbocycles. The maximum atomic E-state index is 12.4. The Morgan fingerprint density at radius 3 is 2.89 bits per heavy atom. The Morgan fingerprint density at radius 1 is 1.37 bits per heavy atom. The van der Waals surface area contributed by atoms with Crippen molar-refractivity contribution in [2.45, 2.75) is 10.9 Å². The molecule has 1 fully saturated rings. The number of thioether (sulfide) groups is 1. The minimum Gasteiger partial charge on any atom is -0.309 e. The molecule has 1 aromatic carbocycles. The lowest BCUT2D eigenvalue weighted by molar-refractivity contribution is -0.119. The van der Waals surface area contributed by atoms with Crippen molar-refractivity contribution in [3.8, 4) is 0 Å². The van der Waals surface area contributed by atoms with Gasteiger partial charge in [-0.25, -0.2) is 8.42 Å². The molecule has 1 aromatic rings. The Balaban J connectivity index is 1.98. The number of sulfone groups is 1. The van der Waals surface area contributed by atoms with Crippen LogP contribution in [0.4, 0.5) is 5.69 Å². The molecule has 102 valence electrons. The maximum absolute atomic E-state index is 12.4. The minimum absolute atomic E-state index is 0.00435. The highest BCUT2D eigenvalue weighted by Gasteiger charge is 2.35. The van der Waals surface area contributed by atoms with Gasteiger partial charge >= 0.3 is 0 Å². The molecular weight excluding hydrogens is 284 g/mol. The number of carbonyl (C=O) groups is 1. The smallest absolute Gasteiger partial charge is 0.245 e. The summed E-state index contributed by atoms with van der Waals surface area (Å²) in [4.78, 5) is 14.3. The first-order valence-corrected chi connectivity index (χ1v) is 8.84. The van der Waals surface area contributed by atoms with Gasteiger partial charge < -0.3 is 4.90 Å². The topological polar surface area (TPSA) is 66.5 Å². The second-order valence-corrected chi connectivity index (χ2v) is 7.66. The van der Waals surface area contributed by atoms with Crippen LogP contribution in [0.15, 0.2) is 29.2 Å². The van der Waals surface area contributed by atoms with E-state index in [1.54, 1.807) is 40.9 Å². The largest absolute Gasteiger partial charge is 0.309 e. The van der Waals surface area contributed by atoms with Gasteiger partial charge in [-0.1, -0.05) is 12.1 Å². The van der Waals surface area contributed by atoms with Gasteiger partial charge in [-0.3, -0.25) is 10.1 Å². The Hall–Kier alpha value is -1.05. The molecule has 1 saturated heterocycles. The van der Waals surface area contributed by atoms with Crippen LogP contribution in [-0.2, 0) is 14.6 Å². The van der Waals surface area contributed by atoms with Crippen molar-refractivity contribution in [3.05, 3.63) is 24.3 Å². The first-order valence-electron chi connectivity index (χ1n) is 6.04. The van der Waals surface area contributed by atoms with E-state index in [9.17, 15) is 13.2 Å². The number of para-hydroxylation sites is 1. The van der Waals surface area contributed by atoms with Crippen LogP contribution in [0.5, 0.6) is 0 Å². The van der Waals surface area contributed by atoms with Crippen LogP contribution in [0.1, 0.15) is 0 Å². The number of amides is 1. The number of rotatable bonds is 1. The first kappa shape index (κ1) is 13.0. The van der Waals surface area contributed by atoms with Crippen LogP contribution in [0, 0.1) is 0 Å². The maximum Gasteiger partial charge on any atom is 0.245 e. The Kier molecular flexibility index (Phi) is 3.28. The fourth-order valence-electron chi connectivity index (χ4n) is 2.36. The molecule has 1 amide bonds. The highest BCUT2D eigenvalue weighted by atomic mass is 32.2. The Labute approximate surface area is 116 Å². The third-order valence-electron chi connectivity index (χ3n) is 3.36. The van der Waals surface area contributed by atoms with Gasteiger partial charge in [0.2, 0.25) is 5.91 Å². The Morgan fingerprint density at radius 2 is 2.16 bits per heavy atom. The van der Waals surface area contributed by atoms with Gasteiger partial charge in [-0.2, -0.15) is 0 Å². The van der Waals surface area contributed by atoms with Crippen LogP contribution in [0.25, 0.3) is 0 Å². The van der Waals surface area contributed by atoms with Crippen molar-refractivity contribution in [1.29, 1.82) is 0 Å². The quantitative estimate of drug-likeness (QED) is 0.816. The van der Waals surface area contributed by atoms with Gasteiger partial charge in [0.25, 0.3) is 0 Å². The van der Waals surface area contributed by atoms with Gasteiger partial charge in [-0.15, -0.1) is 11.8 Å². The minimum atomic E-state index is -3.25. The average molecular weight is 298 g/mol. The fraction of sp³-hybridized carbons (Fsp3) is 0.417. The molecule has 0 bridgehead atoms. The first-order chi connectivity index (χ1) is 9.09. The molecule has 0 aliphatic carbocycles. The SMILES string of the molecule is O=C(C1CSCN1)N1CCS(=O)(=O)c2ccccc21. The van der Waals surface area contributed by atoms with Crippen LogP contribution in [-0.4, -0.2) is 44.3 Å². The second-order valence-electron chi connectivity index (χ2n) is 4.55. The fourth-order valence-corrected chi connectivity index (χ4v) is 4.71. The summed E-state index contributed by atoms with van der Waals surface area (Å²) in [5, 5.41) is 3.13. The molecule has 5 nitrogen and oxygen atoms in total. The highest BCUT2D eigenvalue weighted by molar-refractivity contribution is 7.99. The molecule has 7 heteroatoms. The van der Waals surface area contributed by atoms with Gasteiger partial charge in [0.05, 0.1) is 22.4 Å². The summed E-state index contributed by atoms with van der Waals surface area (Å²) >= 11 is 1.68. The van der Waals surface area contributed by atoms with Crippen LogP contribution in [0.2, 0.25) is 0 Å². The average Bonchev–Trinajstić information content (AvgIpc) is 2.92. The summed E-state index contributed by atoms with van der Waals surface area (Å²) in [5.41, 5.74) is 0.512. The van der Waals surface area contributed by atoms with Crippen molar-refractivity contribution in [1.82, 2.24) is 5.32 Å².